The molecule has 3 fully saturated rings. The number of hydrogen-bond acceptors (Lipinski definition) is 27. The van der Waals surface area contributed by atoms with Crippen LogP contribution in [0.1, 0.15) is 28.4 Å². The average molecular weight is 1130 g/mol. The second kappa shape index (κ2) is 25.3. The molecular weight excluding hydrogens is 1070 g/mol. The minimum atomic E-state index is -2.18. The lowest BCUT2D eigenvalue weighted by atomic mass is 9.96. The molecule has 4 heterocycles. The number of phenols is 5. The van der Waals surface area contributed by atoms with Crippen molar-refractivity contribution >= 4 is 30.2 Å². The number of aromatic hydroxyl groups is 5. The first-order valence-electron chi connectivity index (χ1n) is 24.4. The van der Waals surface area contributed by atoms with Gasteiger partial charge in [-0.25, -0.2) is 9.59 Å². The van der Waals surface area contributed by atoms with Gasteiger partial charge in [0.2, 0.25) is 18.3 Å². The zero-order chi connectivity index (χ0) is 57.7. The number of esters is 2. The highest BCUT2D eigenvalue weighted by atomic mass is 16.8. The maximum atomic E-state index is 13.5. The molecule has 4 aliphatic rings. The highest BCUT2D eigenvalue weighted by Crippen LogP contribution is 2.47. The van der Waals surface area contributed by atoms with Gasteiger partial charge in [-0.3, -0.25) is 0 Å². The van der Waals surface area contributed by atoms with Crippen LogP contribution < -0.4 is 18.9 Å². The Morgan fingerprint density at radius 1 is 0.562 bits per heavy atom. The Morgan fingerprint density at radius 2 is 1.16 bits per heavy atom. The second-order valence-corrected chi connectivity index (χ2v) is 18.5. The number of methoxy groups -OCH3 is 2. The number of aliphatic hydroxyl groups excluding tert-OH is 9. The van der Waals surface area contributed by atoms with E-state index in [1.54, 1.807) is 0 Å². The van der Waals surface area contributed by atoms with Crippen LogP contribution in [-0.4, -0.2) is 210 Å². The van der Waals surface area contributed by atoms with Crippen LogP contribution in [0.5, 0.6) is 51.7 Å². The van der Waals surface area contributed by atoms with Crippen molar-refractivity contribution in [3.63, 3.8) is 0 Å². The molecule has 432 valence electrons. The predicted molar refractivity (Wildman–Crippen MR) is 266 cm³/mol. The van der Waals surface area contributed by atoms with E-state index in [-0.39, 0.29) is 56.9 Å². The number of aliphatic hydroxyl groups is 9. The van der Waals surface area contributed by atoms with Crippen LogP contribution in [0.3, 0.4) is 0 Å². The van der Waals surface area contributed by atoms with E-state index in [9.17, 15) is 81.1 Å². The van der Waals surface area contributed by atoms with Gasteiger partial charge in [-0.05, 0) is 65.8 Å². The first kappa shape index (κ1) is 58.7. The molecule has 4 aliphatic heterocycles. The van der Waals surface area contributed by atoms with Crippen molar-refractivity contribution in [3.05, 3.63) is 107 Å². The summed E-state index contributed by atoms with van der Waals surface area (Å²) in [6.45, 7) is -2.58. The number of phenolic OH excluding ortho intramolecular Hbond substituents is 5. The summed E-state index contributed by atoms with van der Waals surface area (Å²) >= 11 is 0. The van der Waals surface area contributed by atoms with Gasteiger partial charge in [-0.2, -0.15) is 0 Å². The quantitative estimate of drug-likeness (QED) is 0.0325. The monoisotopic (exact) mass is 1130 g/mol. The number of carbonyl (C=O) groups excluding carboxylic acids is 2. The average Bonchev–Trinajstić information content (AvgIpc) is 3.49. The Balaban J connectivity index is 1.16. The third-order valence-corrected chi connectivity index (χ3v) is 13.1. The molecular formula is C53H58O27. The summed E-state index contributed by atoms with van der Waals surface area (Å²) in [5, 5.41) is 150. The summed E-state index contributed by atoms with van der Waals surface area (Å²) in [7, 11) is 2.55. The molecule has 0 aliphatic carbocycles. The molecule has 0 spiro atoms. The first-order chi connectivity index (χ1) is 38.2. The van der Waals surface area contributed by atoms with Gasteiger partial charge in [0.05, 0.1) is 33.0 Å². The van der Waals surface area contributed by atoms with Gasteiger partial charge in [0.15, 0.2) is 47.6 Å². The van der Waals surface area contributed by atoms with Crippen molar-refractivity contribution in [1.29, 1.82) is 0 Å². The van der Waals surface area contributed by atoms with Crippen molar-refractivity contribution in [2.45, 2.75) is 98.2 Å². The van der Waals surface area contributed by atoms with Crippen molar-refractivity contribution in [3.8, 4) is 51.7 Å². The minimum Gasteiger partial charge on any atom is -0.508 e. The summed E-state index contributed by atoms with van der Waals surface area (Å²) < 4.78 is 63.8. The van der Waals surface area contributed by atoms with E-state index in [0.29, 0.717) is 5.56 Å². The van der Waals surface area contributed by atoms with E-state index in [0.717, 1.165) is 36.4 Å². The van der Waals surface area contributed by atoms with Crippen LogP contribution >= 0.6 is 0 Å². The molecule has 4 aromatic rings. The summed E-state index contributed by atoms with van der Waals surface area (Å²) in [5.41, 5.74) is 0.650. The molecule has 27 heteroatoms. The van der Waals surface area contributed by atoms with Crippen LogP contribution in [-0.2, 0) is 42.7 Å². The molecule has 4 aromatic carbocycles. The molecule has 0 radical (unpaired) electrons. The number of hydrogen-bond donors (Lipinski definition) is 14. The van der Waals surface area contributed by atoms with E-state index in [1.807, 2.05) is 0 Å². The van der Waals surface area contributed by atoms with Crippen LogP contribution in [0.4, 0.5) is 0 Å². The molecule has 80 heavy (non-hydrogen) atoms. The van der Waals surface area contributed by atoms with Crippen molar-refractivity contribution < 1.29 is 133 Å². The van der Waals surface area contributed by atoms with Crippen molar-refractivity contribution in [2.24, 2.45) is 0 Å². The topological polar surface area (TPSA) is 419 Å². The predicted octanol–water partition coefficient (Wildman–Crippen LogP) is -0.946. The van der Waals surface area contributed by atoms with Crippen molar-refractivity contribution in [1.82, 2.24) is 0 Å². The molecule has 0 bridgehead atoms. The zero-order valence-corrected chi connectivity index (χ0v) is 42.2. The first-order valence-corrected chi connectivity index (χ1v) is 24.4. The molecule has 3 saturated heterocycles. The second-order valence-electron chi connectivity index (χ2n) is 18.5. The largest absolute Gasteiger partial charge is 0.508 e. The van der Waals surface area contributed by atoms with Crippen LogP contribution in [0.15, 0.2) is 84.6 Å². The van der Waals surface area contributed by atoms with Gasteiger partial charge in [0, 0.05) is 29.8 Å². The Morgan fingerprint density at radius 3 is 1.81 bits per heavy atom. The zero-order valence-electron chi connectivity index (χ0n) is 42.2. The van der Waals surface area contributed by atoms with Gasteiger partial charge < -0.3 is 124 Å². The Bertz CT molecular complexity index is 2880. The minimum absolute atomic E-state index is 0.0244. The number of carbonyl (C=O) groups is 2. The third kappa shape index (κ3) is 12.9. The number of rotatable bonds is 18. The summed E-state index contributed by atoms with van der Waals surface area (Å²) in [6, 6.07) is 14.0. The van der Waals surface area contributed by atoms with Crippen LogP contribution in [0, 0.1) is 0 Å². The van der Waals surface area contributed by atoms with Crippen LogP contribution in [0.25, 0.3) is 18.2 Å². The van der Waals surface area contributed by atoms with E-state index in [4.69, 9.17) is 52.1 Å². The fraction of sp³-hybridized carbons (Fsp3) is 0.396. The lowest BCUT2D eigenvalue weighted by Gasteiger charge is -2.47. The van der Waals surface area contributed by atoms with E-state index in [1.165, 1.54) is 74.9 Å². The normalized spacial score (nSPS) is 30.4. The van der Waals surface area contributed by atoms with E-state index < -0.39 is 147 Å². The lowest BCUT2D eigenvalue weighted by Crippen LogP contribution is -2.65. The molecule has 1 unspecified atom stereocenters. The SMILES string of the molecule is COc1cc(/C=C/C(=O)O[C@H]2[C@H](O[C@H]3[C@H](OC4=Cc5c(cc(O)cc5O[C@@H]5O[C@H](CO)[C@@H](O)[C@H](O)[C@@H]5O)OC4c4ccc(O)c(O)c4)O[C@H](COC(=O)/C=C/c4ccc(O)cc4)[C@@H](O)[C@H]3O)O[C@@H](CO)[C@@H](O)[C@@H]2O)cc(OC)c1O. The molecule has 0 saturated carbocycles. The highest BCUT2D eigenvalue weighted by Gasteiger charge is 2.54. The maximum Gasteiger partial charge on any atom is 0.331 e. The van der Waals surface area contributed by atoms with E-state index >= 15 is 0 Å². The molecule has 16 atom stereocenters. The van der Waals surface area contributed by atoms with E-state index in [2.05, 4.69) is 0 Å². The highest BCUT2D eigenvalue weighted by molar-refractivity contribution is 5.88. The number of fused-ring (bicyclic) bond motifs is 1. The summed E-state index contributed by atoms with van der Waals surface area (Å²) in [6.07, 6.45) is -24.6. The molecule has 14 N–H and O–H groups in total. The van der Waals surface area contributed by atoms with Crippen LogP contribution in [0.2, 0.25) is 0 Å². The van der Waals surface area contributed by atoms with Crippen molar-refractivity contribution in [2.75, 3.05) is 34.0 Å². The van der Waals surface area contributed by atoms with Gasteiger partial charge in [-0.15, -0.1) is 0 Å². The molecule has 8 rings (SSSR count). The number of benzene rings is 4. The summed E-state index contributed by atoms with van der Waals surface area (Å²) in [5.74, 6) is -5.21. The fourth-order valence-electron chi connectivity index (χ4n) is 8.82. The fourth-order valence-corrected chi connectivity index (χ4v) is 8.82. The number of ether oxygens (including phenoxy) is 11. The lowest BCUT2D eigenvalue weighted by molar-refractivity contribution is -0.364. The Labute approximate surface area is 453 Å². The smallest absolute Gasteiger partial charge is 0.331 e. The van der Waals surface area contributed by atoms with Gasteiger partial charge in [-0.1, -0.05) is 18.2 Å². The molecule has 0 amide bonds. The Kier molecular flexibility index (Phi) is 18.6. The van der Waals surface area contributed by atoms with Gasteiger partial charge >= 0.3 is 11.9 Å². The summed E-state index contributed by atoms with van der Waals surface area (Å²) in [4.78, 5) is 26.5. The van der Waals surface area contributed by atoms with Gasteiger partial charge in [0.1, 0.15) is 96.4 Å². The standard InChI is InChI=1S/C53H58O27/c1-70-32-13-23(14-33(71-2)40(32)62)6-12-39(61)79-49-45(67)42(64)36(20-55)77-53(49)80-50-46(68)43(65)37(21-72-38(60)11-5-22-3-8-25(56)9-4-22)78-52(50)75-34-18-27-30(73-48(34)24-7-10-28(58)29(59)15-24)16-26(57)17-31(27)74-51-47(69)44(66)41(63)35(19-54)76-51/h3-18,35-37,41-59,62-69H,19-21H2,1-2H3/b11-5+,12-6+/t35-,36+,37-,41-,42-,43-,44+,45+,46-,47+,48?,49-,50-,51-,52-,53+/m1/s1. The third-order valence-electron chi connectivity index (χ3n) is 13.1. The van der Waals surface area contributed by atoms with Gasteiger partial charge in [0.25, 0.3) is 0 Å². The Hall–Kier alpha value is -7.48. The molecule has 0 aromatic heterocycles. The molecule has 27 nitrogen and oxygen atoms in total. The maximum absolute atomic E-state index is 13.5.